The average molecular weight is 461 g/mol. The molecule has 2 aliphatic rings. The molecule has 2 aromatic carbocycles. The second-order valence-corrected chi connectivity index (χ2v) is 9.97. The average Bonchev–Trinajstić information content (AvgIpc) is 2.73. The number of benzene rings is 2. The molecule has 34 heavy (non-hydrogen) atoms. The molecule has 6 heteroatoms. The molecule has 1 heterocycles. The first-order valence-corrected chi connectivity index (χ1v) is 11.3. The van der Waals surface area contributed by atoms with Gasteiger partial charge in [-0.25, -0.2) is 4.39 Å². The van der Waals surface area contributed by atoms with Gasteiger partial charge < -0.3 is 15.2 Å². The Morgan fingerprint density at radius 1 is 1.18 bits per heavy atom. The van der Waals surface area contributed by atoms with Gasteiger partial charge in [0.25, 0.3) is 0 Å². The monoisotopic (exact) mass is 460 g/mol. The Bertz CT molecular complexity index is 1280. The van der Waals surface area contributed by atoms with Crippen LogP contribution in [0.4, 0.5) is 4.39 Å². The summed E-state index contributed by atoms with van der Waals surface area (Å²) in [6.07, 6.45) is 0.962. The van der Waals surface area contributed by atoms with Gasteiger partial charge in [0, 0.05) is 18.4 Å². The van der Waals surface area contributed by atoms with E-state index in [1.165, 1.54) is 12.1 Å². The third-order valence-corrected chi connectivity index (χ3v) is 6.75. The number of hydrogen-bond acceptors (Lipinski definition) is 5. The van der Waals surface area contributed by atoms with Gasteiger partial charge in [0.1, 0.15) is 35.6 Å². The summed E-state index contributed by atoms with van der Waals surface area (Å²) in [6.45, 7) is 10.3. The summed E-state index contributed by atoms with van der Waals surface area (Å²) in [5, 5.41) is 10.00. The van der Waals surface area contributed by atoms with Crippen LogP contribution in [0.15, 0.2) is 53.1 Å². The Kier molecular flexibility index (Phi) is 5.99. The van der Waals surface area contributed by atoms with E-state index in [1.807, 2.05) is 40.7 Å². The van der Waals surface area contributed by atoms with Crippen LogP contribution in [-0.2, 0) is 16.1 Å². The molecule has 1 aliphatic heterocycles. The van der Waals surface area contributed by atoms with Crippen LogP contribution in [0.5, 0.6) is 5.75 Å². The molecule has 5 nitrogen and oxygen atoms in total. The second-order valence-electron chi connectivity index (χ2n) is 9.97. The first kappa shape index (κ1) is 23.6. The van der Waals surface area contributed by atoms with Gasteiger partial charge in [-0.15, -0.1) is 0 Å². The smallest absolute Gasteiger partial charge is 0.205 e. The second kappa shape index (κ2) is 8.64. The molecule has 1 unspecified atom stereocenters. The number of allylic oxidation sites excluding steroid dienone is 3. The van der Waals surface area contributed by atoms with Crippen molar-refractivity contribution in [2.24, 2.45) is 11.1 Å². The van der Waals surface area contributed by atoms with Crippen LogP contribution in [0.3, 0.4) is 0 Å². The van der Waals surface area contributed by atoms with Crippen LogP contribution in [0.25, 0.3) is 0 Å². The van der Waals surface area contributed by atoms with Gasteiger partial charge in [-0.05, 0) is 78.3 Å². The van der Waals surface area contributed by atoms with Crippen LogP contribution < -0.4 is 10.5 Å². The van der Waals surface area contributed by atoms with Crippen molar-refractivity contribution in [3.63, 3.8) is 0 Å². The molecule has 1 atom stereocenters. The number of nitriles is 1. The highest BCUT2D eigenvalue weighted by Crippen LogP contribution is 2.49. The number of rotatable bonds is 4. The van der Waals surface area contributed by atoms with Gasteiger partial charge in [-0.2, -0.15) is 5.26 Å². The number of ether oxygens (including phenoxy) is 2. The van der Waals surface area contributed by atoms with E-state index in [1.54, 1.807) is 12.1 Å². The summed E-state index contributed by atoms with van der Waals surface area (Å²) < 4.78 is 25.0. The van der Waals surface area contributed by atoms with Gasteiger partial charge in [0.05, 0.1) is 5.92 Å². The van der Waals surface area contributed by atoms with Gasteiger partial charge >= 0.3 is 0 Å². The topological polar surface area (TPSA) is 85.3 Å². The molecule has 1 aliphatic carbocycles. The van der Waals surface area contributed by atoms with Gasteiger partial charge in [0.2, 0.25) is 5.88 Å². The molecule has 0 aromatic heterocycles. The van der Waals surface area contributed by atoms with Crippen molar-refractivity contribution in [1.82, 2.24) is 0 Å². The van der Waals surface area contributed by atoms with Crippen LogP contribution in [-0.4, -0.2) is 5.78 Å². The molecule has 0 bridgehead atoms. The van der Waals surface area contributed by atoms with Crippen LogP contribution in [0, 0.1) is 43.3 Å². The SMILES string of the molecule is Cc1cc(C)c(C2C(C#N)=C(N)OC3=C2C(=O)CC(C)(C)C3)c(C)c1COc1ccc(F)cc1. The molecule has 0 radical (unpaired) electrons. The summed E-state index contributed by atoms with van der Waals surface area (Å²) in [5.41, 5.74) is 11.5. The first-order valence-electron chi connectivity index (χ1n) is 11.3. The highest BCUT2D eigenvalue weighted by atomic mass is 19.1. The summed E-state index contributed by atoms with van der Waals surface area (Å²) >= 11 is 0. The lowest BCUT2D eigenvalue weighted by atomic mass is 9.69. The summed E-state index contributed by atoms with van der Waals surface area (Å²) in [4.78, 5) is 13.3. The van der Waals surface area contributed by atoms with Crippen molar-refractivity contribution < 1.29 is 18.7 Å². The molecule has 0 saturated carbocycles. The minimum absolute atomic E-state index is 0.0139. The van der Waals surface area contributed by atoms with E-state index in [9.17, 15) is 14.4 Å². The Balaban J connectivity index is 1.83. The maximum atomic E-state index is 13.3. The van der Waals surface area contributed by atoms with E-state index in [2.05, 4.69) is 6.07 Å². The highest BCUT2D eigenvalue weighted by Gasteiger charge is 2.44. The number of halogens is 1. The fraction of sp³-hybridized carbons (Fsp3) is 0.357. The zero-order valence-corrected chi connectivity index (χ0v) is 20.2. The number of ketones is 1. The number of hydrogen-bond donors (Lipinski definition) is 1. The Labute approximate surface area is 199 Å². The van der Waals surface area contributed by atoms with E-state index < -0.39 is 5.92 Å². The predicted molar refractivity (Wildman–Crippen MR) is 127 cm³/mol. The summed E-state index contributed by atoms with van der Waals surface area (Å²) in [7, 11) is 0. The molecular formula is C28H29FN2O3. The molecule has 2 aromatic rings. The largest absolute Gasteiger partial charge is 0.489 e. The fourth-order valence-electron chi connectivity index (χ4n) is 5.17. The van der Waals surface area contributed by atoms with E-state index in [4.69, 9.17) is 15.2 Å². The lowest BCUT2D eigenvalue weighted by Gasteiger charge is -2.38. The lowest BCUT2D eigenvalue weighted by Crippen LogP contribution is -2.34. The molecular weight excluding hydrogens is 431 g/mol. The zero-order chi connectivity index (χ0) is 24.8. The van der Waals surface area contributed by atoms with Crippen LogP contribution in [0.1, 0.15) is 60.4 Å². The quantitative estimate of drug-likeness (QED) is 0.625. The van der Waals surface area contributed by atoms with E-state index in [-0.39, 0.29) is 35.1 Å². The molecule has 176 valence electrons. The first-order chi connectivity index (χ1) is 16.0. The normalized spacial score (nSPS) is 19.4. The van der Waals surface area contributed by atoms with Crippen molar-refractivity contribution in [2.45, 2.75) is 60.0 Å². The molecule has 2 N–H and O–H groups in total. The minimum atomic E-state index is -0.581. The Morgan fingerprint density at radius 2 is 1.85 bits per heavy atom. The Hall–Kier alpha value is -3.59. The lowest BCUT2D eigenvalue weighted by molar-refractivity contribution is -0.119. The third-order valence-electron chi connectivity index (χ3n) is 6.75. The maximum absolute atomic E-state index is 13.3. The highest BCUT2D eigenvalue weighted by molar-refractivity contribution is 6.00. The molecule has 0 saturated heterocycles. The van der Waals surface area contributed by atoms with Crippen LogP contribution in [0.2, 0.25) is 0 Å². The zero-order valence-electron chi connectivity index (χ0n) is 20.2. The number of carbonyl (C=O) groups is 1. The van der Waals surface area contributed by atoms with Gasteiger partial charge in [-0.1, -0.05) is 19.9 Å². The molecule has 0 fully saturated rings. The number of Topliss-reactive ketones (excluding diaryl/α,β-unsaturated/α-hetero) is 1. The Morgan fingerprint density at radius 3 is 2.50 bits per heavy atom. The minimum Gasteiger partial charge on any atom is -0.489 e. The number of carbonyl (C=O) groups excluding carboxylic acids is 1. The molecule has 0 amide bonds. The van der Waals surface area contributed by atoms with Crippen molar-refractivity contribution in [3.8, 4) is 11.8 Å². The fourth-order valence-corrected chi connectivity index (χ4v) is 5.17. The number of nitrogens with zero attached hydrogens (tertiary/aromatic N) is 1. The summed E-state index contributed by atoms with van der Waals surface area (Å²) in [5.74, 6) is 0.258. The predicted octanol–water partition coefficient (Wildman–Crippen LogP) is 5.78. The summed E-state index contributed by atoms with van der Waals surface area (Å²) in [6, 6.07) is 10.1. The van der Waals surface area contributed by atoms with E-state index in [0.717, 1.165) is 27.8 Å². The van der Waals surface area contributed by atoms with Crippen LogP contribution >= 0.6 is 0 Å². The maximum Gasteiger partial charge on any atom is 0.205 e. The van der Waals surface area contributed by atoms with Crippen molar-refractivity contribution in [1.29, 1.82) is 5.26 Å². The van der Waals surface area contributed by atoms with E-state index in [0.29, 0.717) is 29.9 Å². The van der Waals surface area contributed by atoms with Crippen molar-refractivity contribution in [2.75, 3.05) is 0 Å². The third kappa shape index (κ3) is 4.19. The number of nitrogens with two attached hydrogens (primary N) is 1. The van der Waals surface area contributed by atoms with Gasteiger partial charge in [0.15, 0.2) is 5.78 Å². The number of aryl methyl sites for hydroxylation is 2. The van der Waals surface area contributed by atoms with Gasteiger partial charge in [-0.3, -0.25) is 4.79 Å². The van der Waals surface area contributed by atoms with Crippen molar-refractivity contribution in [3.05, 3.63) is 86.8 Å². The molecule has 4 rings (SSSR count). The molecule has 0 spiro atoms. The standard InChI is InChI=1S/C28H29FN2O3/c1-15-10-16(2)24(17(3)21(15)14-33-19-8-6-18(29)7-9-19)25-20(13-30)27(31)34-23-12-28(4,5)11-22(32)26(23)25/h6-10,25H,11-12,14,31H2,1-5H3. The van der Waals surface area contributed by atoms with E-state index >= 15 is 0 Å². The van der Waals surface area contributed by atoms with Crippen molar-refractivity contribution >= 4 is 5.78 Å².